The molecule has 6 nitrogen and oxygen atoms in total. The molecule has 0 spiro atoms. The van der Waals surface area contributed by atoms with Crippen LogP contribution in [0.3, 0.4) is 0 Å². The minimum Gasteiger partial charge on any atom is -0.490 e. The highest BCUT2D eigenvalue weighted by atomic mass is 32.2. The molecular formula is C13H17N3O3S2. The highest BCUT2D eigenvalue weighted by Gasteiger charge is 2.10. The van der Waals surface area contributed by atoms with E-state index in [0.717, 1.165) is 5.69 Å². The highest BCUT2D eigenvalue weighted by molar-refractivity contribution is 7.89. The molecule has 0 unspecified atom stereocenters. The number of sulfonamides is 1. The van der Waals surface area contributed by atoms with Crippen LogP contribution in [0.5, 0.6) is 5.75 Å². The van der Waals surface area contributed by atoms with Gasteiger partial charge >= 0.3 is 0 Å². The van der Waals surface area contributed by atoms with E-state index >= 15 is 0 Å². The molecule has 1 aromatic carbocycles. The van der Waals surface area contributed by atoms with Gasteiger partial charge in [0.2, 0.25) is 10.0 Å². The summed E-state index contributed by atoms with van der Waals surface area (Å²) >= 11 is 1.49. The highest BCUT2D eigenvalue weighted by Crippen LogP contribution is 2.19. The van der Waals surface area contributed by atoms with Gasteiger partial charge in [0.1, 0.15) is 12.4 Å². The third-order valence-corrected chi connectivity index (χ3v) is 4.70. The molecule has 21 heavy (non-hydrogen) atoms. The van der Waals surface area contributed by atoms with Crippen LogP contribution in [0.2, 0.25) is 0 Å². The van der Waals surface area contributed by atoms with E-state index in [1.807, 2.05) is 5.38 Å². The SMILES string of the molecule is Nc1ccccc1OCCS(=O)(=O)NCCc1cscn1. The first-order chi connectivity index (χ1) is 10.1. The van der Waals surface area contributed by atoms with Gasteiger partial charge < -0.3 is 10.5 Å². The summed E-state index contributed by atoms with van der Waals surface area (Å²) in [5.41, 5.74) is 8.81. The molecule has 1 heterocycles. The molecule has 0 aliphatic rings. The minimum atomic E-state index is -3.36. The van der Waals surface area contributed by atoms with Crippen molar-refractivity contribution in [2.45, 2.75) is 6.42 Å². The predicted molar refractivity (Wildman–Crippen MR) is 84.0 cm³/mol. The van der Waals surface area contributed by atoms with Gasteiger partial charge in [0.05, 0.1) is 22.6 Å². The van der Waals surface area contributed by atoms with Gasteiger partial charge in [0.25, 0.3) is 0 Å². The number of hydrogen-bond donors (Lipinski definition) is 2. The van der Waals surface area contributed by atoms with Gasteiger partial charge in [0.15, 0.2) is 0 Å². The Morgan fingerprint density at radius 1 is 1.33 bits per heavy atom. The lowest BCUT2D eigenvalue weighted by atomic mass is 10.3. The van der Waals surface area contributed by atoms with Crippen LogP contribution in [0.1, 0.15) is 5.69 Å². The number of para-hydroxylation sites is 2. The lowest BCUT2D eigenvalue weighted by Gasteiger charge is -2.09. The molecule has 8 heteroatoms. The van der Waals surface area contributed by atoms with Crippen LogP contribution in [0.25, 0.3) is 0 Å². The van der Waals surface area contributed by atoms with Crippen molar-refractivity contribution < 1.29 is 13.2 Å². The summed E-state index contributed by atoms with van der Waals surface area (Å²) in [4.78, 5) is 4.09. The number of nitrogens with one attached hydrogen (secondary N) is 1. The fourth-order valence-electron chi connectivity index (χ4n) is 1.64. The number of rotatable bonds is 8. The molecule has 0 saturated heterocycles. The zero-order valence-electron chi connectivity index (χ0n) is 11.4. The van der Waals surface area contributed by atoms with Crippen LogP contribution in [0, 0.1) is 0 Å². The number of benzene rings is 1. The number of aromatic nitrogens is 1. The molecule has 0 aliphatic heterocycles. The third kappa shape index (κ3) is 5.33. The van der Waals surface area contributed by atoms with Gasteiger partial charge in [-0.2, -0.15) is 0 Å². The molecule has 0 aliphatic carbocycles. The topological polar surface area (TPSA) is 94.3 Å². The molecular weight excluding hydrogens is 310 g/mol. The number of ether oxygens (including phenoxy) is 1. The van der Waals surface area contributed by atoms with Crippen LogP contribution in [0.15, 0.2) is 35.2 Å². The molecule has 0 amide bonds. The molecule has 0 atom stereocenters. The van der Waals surface area contributed by atoms with Gasteiger partial charge in [-0.3, -0.25) is 0 Å². The number of thiazole rings is 1. The second kappa shape index (κ2) is 7.39. The molecule has 114 valence electrons. The first-order valence-electron chi connectivity index (χ1n) is 6.38. The molecule has 2 aromatic rings. The number of hydrogen-bond acceptors (Lipinski definition) is 6. The maximum Gasteiger partial charge on any atom is 0.214 e. The number of anilines is 1. The summed E-state index contributed by atoms with van der Waals surface area (Å²) in [5.74, 6) is 0.383. The Morgan fingerprint density at radius 3 is 2.86 bits per heavy atom. The van der Waals surface area contributed by atoms with Gasteiger partial charge in [-0.25, -0.2) is 18.1 Å². The van der Waals surface area contributed by atoms with Crippen LogP contribution in [0.4, 0.5) is 5.69 Å². The molecule has 0 bridgehead atoms. The zero-order valence-corrected chi connectivity index (χ0v) is 13.0. The van der Waals surface area contributed by atoms with E-state index in [1.54, 1.807) is 29.8 Å². The van der Waals surface area contributed by atoms with Crippen LogP contribution in [-0.4, -0.2) is 32.3 Å². The van der Waals surface area contributed by atoms with Crippen molar-refractivity contribution in [1.29, 1.82) is 0 Å². The Bertz CT molecular complexity index is 657. The van der Waals surface area contributed by atoms with Crippen molar-refractivity contribution in [1.82, 2.24) is 9.71 Å². The minimum absolute atomic E-state index is 0.0558. The number of nitrogens with two attached hydrogens (primary N) is 1. The van der Waals surface area contributed by atoms with Gasteiger partial charge in [0, 0.05) is 18.3 Å². The van der Waals surface area contributed by atoms with Crippen molar-refractivity contribution in [3.63, 3.8) is 0 Å². The smallest absolute Gasteiger partial charge is 0.214 e. The quantitative estimate of drug-likeness (QED) is 0.712. The maximum atomic E-state index is 11.8. The summed E-state index contributed by atoms with van der Waals surface area (Å²) in [6.07, 6.45) is 0.579. The Labute approximate surface area is 128 Å². The lowest BCUT2D eigenvalue weighted by Crippen LogP contribution is -2.30. The lowest BCUT2D eigenvalue weighted by molar-refractivity contribution is 0.342. The molecule has 1 aromatic heterocycles. The molecule has 0 radical (unpaired) electrons. The van der Waals surface area contributed by atoms with Crippen molar-refractivity contribution in [2.75, 3.05) is 24.6 Å². The Balaban J connectivity index is 1.72. The Kier molecular flexibility index (Phi) is 5.54. The van der Waals surface area contributed by atoms with Crippen LogP contribution in [-0.2, 0) is 16.4 Å². The predicted octanol–water partition coefficient (Wildman–Crippen LogP) is 1.27. The number of nitrogens with zero attached hydrogens (tertiary/aromatic N) is 1. The summed E-state index contributed by atoms with van der Waals surface area (Å²) in [5, 5.41) is 1.90. The van der Waals surface area contributed by atoms with E-state index in [2.05, 4.69) is 9.71 Å². The standard InChI is InChI=1S/C13H17N3O3S2/c14-12-3-1-2-4-13(12)19-7-8-21(17,18)16-6-5-11-9-20-10-15-11/h1-4,9-10,16H,5-8,14H2. The third-order valence-electron chi connectivity index (χ3n) is 2.72. The molecule has 2 rings (SSSR count). The van der Waals surface area contributed by atoms with E-state index in [1.165, 1.54) is 11.3 Å². The van der Waals surface area contributed by atoms with Gasteiger partial charge in [-0.05, 0) is 12.1 Å². The van der Waals surface area contributed by atoms with Crippen molar-refractivity contribution in [3.8, 4) is 5.75 Å². The van der Waals surface area contributed by atoms with Crippen LogP contribution < -0.4 is 15.2 Å². The molecule has 0 fully saturated rings. The molecule has 3 N–H and O–H groups in total. The second-order valence-electron chi connectivity index (χ2n) is 4.33. The fraction of sp³-hybridized carbons (Fsp3) is 0.308. The van der Waals surface area contributed by atoms with E-state index in [-0.39, 0.29) is 12.4 Å². The average molecular weight is 327 g/mol. The van der Waals surface area contributed by atoms with E-state index in [0.29, 0.717) is 24.4 Å². The van der Waals surface area contributed by atoms with Crippen LogP contribution >= 0.6 is 11.3 Å². The first-order valence-corrected chi connectivity index (χ1v) is 8.98. The summed E-state index contributed by atoms with van der Waals surface area (Å²) in [6, 6.07) is 6.98. The van der Waals surface area contributed by atoms with Crippen molar-refractivity contribution >= 4 is 27.0 Å². The summed E-state index contributed by atoms with van der Waals surface area (Å²) in [6.45, 7) is 0.389. The normalized spacial score (nSPS) is 11.4. The average Bonchev–Trinajstić information content (AvgIpc) is 2.94. The second-order valence-corrected chi connectivity index (χ2v) is 6.97. The van der Waals surface area contributed by atoms with E-state index in [4.69, 9.17) is 10.5 Å². The zero-order chi connectivity index (χ0) is 15.1. The number of nitrogen functional groups attached to an aromatic ring is 1. The first kappa shape index (κ1) is 15.7. The van der Waals surface area contributed by atoms with Crippen molar-refractivity contribution in [3.05, 3.63) is 40.8 Å². The van der Waals surface area contributed by atoms with E-state index < -0.39 is 10.0 Å². The summed E-state index contributed by atoms with van der Waals surface area (Å²) in [7, 11) is -3.36. The fourth-order valence-corrected chi connectivity index (χ4v) is 3.09. The Hall–Kier alpha value is -1.64. The maximum absolute atomic E-state index is 11.8. The summed E-state index contributed by atoms with van der Waals surface area (Å²) < 4.78 is 31.5. The molecule has 0 saturated carbocycles. The van der Waals surface area contributed by atoms with Crippen molar-refractivity contribution in [2.24, 2.45) is 0 Å². The van der Waals surface area contributed by atoms with E-state index in [9.17, 15) is 8.42 Å². The van der Waals surface area contributed by atoms with Gasteiger partial charge in [-0.15, -0.1) is 11.3 Å². The van der Waals surface area contributed by atoms with Gasteiger partial charge in [-0.1, -0.05) is 12.1 Å². The monoisotopic (exact) mass is 327 g/mol. The Morgan fingerprint density at radius 2 is 2.14 bits per heavy atom. The largest absolute Gasteiger partial charge is 0.490 e.